The highest BCUT2D eigenvalue weighted by atomic mass is 35.5. The molecule has 0 bridgehead atoms. The normalized spacial score (nSPS) is 25.2. The van der Waals surface area contributed by atoms with Crippen LogP contribution >= 0.6 is 11.6 Å². The quantitative estimate of drug-likeness (QED) is 0.316. The summed E-state index contributed by atoms with van der Waals surface area (Å²) in [5, 5.41) is 5.90. The van der Waals surface area contributed by atoms with Gasteiger partial charge in [-0.15, -0.1) is 0 Å². The molecule has 2 fully saturated rings. The number of rotatable bonds is 6. The second-order valence-corrected chi connectivity index (χ2v) is 11.2. The van der Waals surface area contributed by atoms with E-state index in [1.807, 2.05) is 26.0 Å². The van der Waals surface area contributed by atoms with Crippen molar-refractivity contribution in [3.63, 3.8) is 0 Å². The molecule has 1 N–H and O–H groups in total. The van der Waals surface area contributed by atoms with Crippen molar-refractivity contribution in [1.82, 2.24) is 19.5 Å². The number of hydrogen-bond donors (Lipinski definition) is 1. The number of pyridine rings is 1. The lowest BCUT2D eigenvalue weighted by Gasteiger charge is -2.24. The van der Waals surface area contributed by atoms with Crippen LogP contribution < -0.4 is 5.32 Å². The van der Waals surface area contributed by atoms with Crippen LogP contribution in [0, 0.1) is 5.92 Å². The molecule has 4 heterocycles. The molecule has 3 aromatic heterocycles. The van der Waals surface area contributed by atoms with Crippen LogP contribution in [0.3, 0.4) is 0 Å². The van der Waals surface area contributed by atoms with Crippen LogP contribution in [0.1, 0.15) is 52.1 Å². The van der Waals surface area contributed by atoms with E-state index in [1.54, 1.807) is 0 Å². The van der Waals surface area contributed by atoms with Crippen molar-refractivity contribution < 1.29 is 9.47 Å². The first-order valence-electron chi connectivity index (χ1n) is 12.8. The lowest BCUT2D eigenvalue weighted by molar-refractivity contribution is -0.160. The molecule has 1 saturated carbocycles. The first kappa shape index (κ1) is 23.6. The van der Waals surface area contributed by atoms with Gasteiger partial charge in [0.15, 0.2) is 5.79 Å². The molecule has 4 atom stereocenters. The average molecular weight is 506 g/mol. The predicted octanol–water partition coefficient (Wildman–Crippen LogP) is 6.17. The first-order chi connectivity index (χ1) is 17.3. The first-order valence-corrected chi connectivity index (χ1v) is 13.1. The Hall–Kier alpha value is -2.74. The molecule has 0 radical (unpaired) electrons. The third kappa shape index (κ3) is 4.33. The monoisotopic (exact) mass is 505 g/mol. The van der Waals surface area contributed by atoms with Gasteiger partial charge < -0.3 is 19.4 Å². The maximum Gasteiger partial charge on any atom is 0.163 e. The summed E-state index contributed by atoms with van der Waals surface area (Å²) in [5.74, 6) is 0.681. The number of nitrogens with zero attached hydrogens (tertiary/aromatic N) is 4. The maximum atomic E-state index is 6.45. The average Bonchev–Trinajstić information content (AvgIpc) is 3.48. The third-order valence-corrected chi connectivity index (χ3v) is 7.67. The van der Waals surface area contributed by atoms with E-state index in [2.05, 4.69) is 64.2 Å². The van der Waals surface area contributed by atoms with Crippen molar-refractivity contribution in [2.75, 3.05) is 5.32 Å². The zero-order chi connectivity index (χ0) is 25.0. The lowest BCUT2D eigenvalue weighted by atomic mass is 9.95. The molecule has 0 spiro atoms. The van der Waals surface area contributed by atoms with Crippen LogP contribution in [-0.2, 0) is 15.9 Å². The number of fused-ring (bicyclic) bond motifs is 3. The largest absolute Gasteiger partial charge is 0.368 e. The zero-order valence-corrected chi connectivity index (χ0v) is 21.9. The van der Waals surface area contributed by atoms with E-state index in [1.165, 1.54) is 11.9 Å². The van der Waals surface area contributed by atoms with E-state index < -0.39 is 5.79 Å². The molecular weight excluding hydrogens is 474 g/mol. The van der Waals surface area contributed by atoms with Crippen molar-refractivity contribution in [3.8, 4) is 0 Å². The molecule has 1 saturated heterocycles. The molecule has 7 nitrogen and oxygen atoms in total. The number of aryl methyl sites for hydroxylation is 1. The number of halogens is 1. The Balaban J connectivity index is 1.24. The highest BCUT2D eigenvalue weighted by Crippen LogP contribution is 2.49. The van der Waals surface area contributed by atoms with Gasteiger partial charge in [-0.2, -0.15) is 0 Å². The molecular formula is C28H32ClN5O2. The zero-order valence-electron chi connectivity index (χ0n) is 21.1. The van der Waals surface area contributed by atoms with Gasteiger partial charge in [0.1, 0.15) is 29.0 Å². The highest BCUT2D eigenvalue weighted by Gasteiger charge is 2.54. The van der Waals surface area contributed by atoms with Gasteiger partial charge in [-0.3, -0.25) is 0 Å². The summed E-state index contributed by atoms with van der Waals surface area (Å²) in [4.78, 5) is 13.5. The molecule has 6 rings (SSSR count). The van der Waals surface area contributed by atoms with Gasteiger partial charge in [0.2, 0.25) is 0 Å². The molecule has 1 aliphatic carbocycles. The van der Waals surface area contributed by atoms with Crippen molar-refractivity contribution in [2.24, 2.45) is 5.92 Å². The summed E-state index contributed by atoms with van der Waals surface area (Å²) in [6.45, 7) is 8.26. The summed E-state index contributed by atoms with van der Waals surface area (Å²) in [5.41, 5.74) is 3.16. The summed E-state index contributed by atoms with van der Waals surface area (Å²) >= 11 is 6.33. The van der Waals surface area contributed by atoms with Gasteiger partial charge >= 0.3 is 0 Å². The number of benzene rings is 1. The lowest BCUT2D eigenvalue weighted by Crippen LogP contribution is -2.27. The second-order valence-electron chi connectivity index (χ2n) is 10.8. The van der Waals surface area contributed by atoms with Crippen molar-refractivity contribution >= 4 is 39.4 Å². The van der Waals surface area contributed by atoms with Gasteiger partial charge in [-0.1, -0.05) is 23.7 Å². The summed E-state index contributed by atoms with van der Waals surface area (Å²) < 4.78 is 15.1. The Morgan fingerprint density at radius 3 is 2.75 bits per heavy atom. The minimum atomic E-state index is -0.603. The second kappa shape index (κ2) is 8.98. The van der Waals surface area contributed by atoms with Crippen LogP contribution in [0.5, 0.6) is 0 Å². The van der Waals surface area contributed by atoms with Gasteiger partial charge in [-0.05, 0) is 82.7 Å². The SMILES string of the molecule is CC(C)Nc1ccc2ccc(CC[C@H]3C[C@@H](n4ccc5c(Cl)ncnc54)[C@@H]4OC(C)(C)O[C@H]34)cc2n1. The fourth-order valence-electron chi connectivity index (χ4n) is 5.87. The molecule has 4 aromatic rings. The fraction of sp³-hybridized carbons (Fsp3) is 0.464. The van der Waals surface area contributed by atoms with Gasteiger partial charge in [-0.25, -0.2) is 15.0 Å². The Labute approximate surface area is 216 Å². The molecule has 0 amide bonds. The van der Waals surface area contributed by atoms with Gasteiger partial charge in [0.25, 0.3) is 0 Å². The van der Waals surface area contributed by atoms with Crippen LogP contribution in [-0.4, -0.2) is 43.6 Å². The summed E-state index contributed by atoms with van der Waals surface area (Å²) in [6, 6.07) is 13.3. The molecule has 36 heavy (non-hydrogen) atoms. The molecule has 8 heteroatoms. The Morgan fingerprint density at radius 2 is 1.92 bits per heavy atom. The Kier molecular flexibility index (Phi) is 5.90. The topological polar surface area (TPSA) is 74.1 Å². The van der Waals surface area contributed by atoms with Crippen LogP contribution in [0.25, 0.3) is 21.9 Å². The van der Waals surface area contributed by atoms with E-state index >= 15 is 0 Å². The minimum Gasteiger partial charge on any atom is -0.368 e. The number of anilines is 1. The number of ether oxygens (including phenoxy) is 2. The minimum absolute atomic E-state index is 0.0303. The number of aromatic nitrogens is 4. The Bertz CT molecular complexity index is 1420. The van der Waals surface area contributed by atoms with Gasteiger partial charge in [0.05, 0.1) is 23.0 Å². The highest BCUT2D eigenvalue weighted by molar-refractivity contribution is 6.33. The molecule has 188 valence electrons. The van der Waals surface area contributed by atoms with E-state index in [0.717, 1.165) is 47.0 Å². The van der Waals surface area contributed by atoms with Crippen molar-refractivity contribution in [1.29, 1.82) is 0 Å². The Morgan fingerprint density at radius 1 is 1.11 bits per heavy atom. The molecule has 1 aromatic carbocycles. The fourth-order valence-corrected chi connectivity index (χ4v) is 6.06. The predicted molar refractivity (Wildman–Crippen MR) is 142 cm³/mol. The van der Waals surface area contributed by atoms with E-state index in [-0.39, 0.29) is 18.2 Å². The molecule has 2 aliphatic rings. The van der Waals surface area contributed by atoms with Crippen LogP contribution in [0.2, 0.25) is 5.15 Å². The van der Waals surface area contributed by atoms with E-state index in [9.17, 15) is 0 Å². The van der Waals surface area contributed by atoms with Gasteiger partial charge in [0, 0.05) is 17.6 Å². The number of nitrogens with one attached hydrogen (secondary N) is 1. The standard InChI is InChI=1S/C28H32ClN5O2/c1-16(2)32-23-10-9-18-7-5-17(13-21(18)33-23)6-8-19-14-22(25-24(19)35-28(3,4)36-25)34-12-11-20-26(29)30-15-31-27(20)34/h5,7,9-13,15-16,19,22,24-25H,6,8,14H2,1-4H3,(H,32,33)/t19-,22+,24+,25-/m0/s1. The van der Waals surface area contributed by atoms with Crippen LogP contribution in [0.4, 0.5) is 5.82 Å². The van der Waals surface area contributed by atoms with E-state index in [0.29, 0.717) is 17.1 Å². The van der Waals surface area contributed by atoms with Crippen molar-refractivity contribution in [3.05, 3.63) is 59.6 Å². The molecule has 0 unspecified atom stereocenters. The third-order valence-electron chi connectivity index (χ3n) is 7.37. The van der Waals surface area contributed by atoms with Crippen LogP contribution in [0.15, 0.2) is 48.9 Å². The molecule has 1 aliphatic heterocycles. The van der Waals surface area contributed by atoms with Crippen molar-refractivity contribution in [2.45, 2.75) is 77.0 Å². The summed E-state index contributed by atoms with van der Waals surface area (Å²) in [7, 11) is 0. The maximum absolute atomic E-state index is 6.45. The number of hydrogen-bond acceptors (Lipinski definition) is 6. The van der Waals surface area contributed by atoms with E-state index in [4.69, 9.17) is 26.1 Å². The smallest absolute Gasteiger partial charge is 0.163 e. The summed E-state index contributed by atoms with van der Waals surface area (Å²) in [6.07, 6.45) is 6.53.